The van der Waals surface area contributed by atoms with Gasteiger partial charge in [0.15, 0.2) is 0 Å². The molecule has 0 atom stereocenters. The van der Waals surface area contributed by atoms with Gasteiger partial charge in [-0.3, -0.25) is 9.79 Å². The average Bonchev–Trinajstić information content (AvgIpc) is 1.69. The van der Waals surface area contributed by atoms with Gasteiger partial charge in [0, 0.05) is 14.0 Å². The summed E-state index contributed by atoms with van der Waals surface area (Å²) in [7, 11) is 2.93. The molecule has 0 bridgehead atoms. The lowest BCUT2D eigenvalue weighted by Gasteiger charge is -1.94. The van der Waals surface area contributed by atoms with Crippen LogP contribution in [0.2, 0.25) is 0 Å². The molecule has 0 saturated heterocycles. The van der Waals surface area contributed by atoms with Crippen molar-refractivity contribution < 1.29 is 9.53 Å². The van der Waals surface area contributed by atoms with Gasteiger partial charge in [-0.05, 0) is 0 Å². The normalized spacial score (nSPS) is 11.1. The van der Waals surface area contributed by atoms with E-state index in [0.29, 0.717) is 0 Å². The number of rotatable bonds is 1. The van der Waals surface area contributed by atoms with Crippen LogP contribution in [0.4, 0.5) is 0 Å². The summed E-state index contributed by atoms with van der Waals surface area (Å²) in [5.74, 6) is 0.0278. The Labute approximate surface area is 48.4 Å². The van der Waals surface area contributed by atoms with Gasteiger partial charge in [-0.15, -0.1) is 0 Å². The zero-order valence-electron chi connectivity index (χ0n) is 5.26. The molecule has 0 aromatic rings. The fraction of sp³-hybridized carbons (Fsp3) is 0.600. The van der Waals surface area contributed by atoms with Crippen molar-refractivity contribution >= 4 is 11.7 Å². The number of nitrogens with zero attached hydrogens (tertiary/aromatic N) is 1. The molecule has 3 nitrogen and oxygen atoms in total. The third-order valence-electron chi connectivity index (χ3n) is 0.698. The van der Waals surface area contributed by atoms with Crippen molar-refractivity contribution in [2.75, 3.05) is 14.2 Å². The fourth-order valence-electron chi connectivity index (χ4n) is 0.392. The number of Topliss-reactive ketones (excluding diaryl/α,β-unsaturated/α-hetero) is 1. The lowest BCUT2D eigenvalue weighted by Crippen LogP contribution is -2.11. The van der Waals surface area contributed by atoms with E-state index in [9.17, 15) is 4.79 Å². The molecule has 0 aliphatic heterocycles. The minimum Gasteiger partial charge on any atom is -0.479 e. The van der Waals surface area contributed by atoms with E-state index in [4.69, 9.17) is 0 Å². The number of carbonyl (C=O) groups is 1. The van der Waals surface area contributed by atoms with Crippen molar-refractivity contribution in [3.8, 4) is 0 Å². The van der Waals surface area contributed by atoms with Crippen molar-refractivity contribution in [1.29, 1.82) is 0 Å². The SMILES string of the molecule is C/N=C(/OC)C(C)=O. The predicted octanol–water partition coefficient (Wildman–Crippen LogP) is 0.250. The molecular formula is C5H9NO2. The van der Waals surface area contributed by atoms with Crippen LogP contribution in [0.1, 0.15) is 6.92 Å². The van der Waals surface area contributed by atoms with Crippen molar-refractivity contribution in [3.63, 3.8) is 0 Å². The number of methoxy groups -OCH3 is 1. The third-order valence-corrected chi connectivity index (χ3v) is 0.698. The highest BCUT2D eigenvalue weighted by Crippen LogP contribution is 1.78. The standard InChI is InChI=1S/C5H9NO2/c1-4(7)5(6-2)8-3/h1-3H3/b6-5+. The van der Waals surface area contributed by atoms with Gasteiger partial charge in [0.25, 0.3) is 5.90 Å². The van der Waals surface area contributed by atoms with Crippen LogP contribution in [0.25, 0.3) is 0 Å². The molecule has 0 rings (SSSR count). The van der Waals surface area contributed by atoms with Gasteiger partial charge in [0.05, 0.1) is 7.11 Å². The van der Waals surface area contributed by atoms with Gasteiger partial charge in [0.2, 0.25) is 5.78 Å². The molecule has 3 heteroatoms. The molecule has 0 aromatic carbocycles. The van der Waals surface area contributed by atoms with Gasteiger partial charge in [0.1, 0.15) is 0 Å². The van der Waals surface area contributed by atoms with E-state index in [-0.39, 0.29) is 11.7 Å². The maximum atomic E-state index is 10.4. The fourth-order valence-corrected chi connectivity index (χ4v) is 0.392. The smallest absolute Gasteiger partial charge is 0.252 e. The topological polar surface area (TPSA) is 38.7 Å². The molecule has 46 valence electrons. The van der Waals surface area contributed by atoms with Crippen molar-refractivity contribution in [3.05, 3.63) is 0 Å². The molecule has 0 heterocycles. The Morgan fingerprint density at radius 1 is 1.62 bits per heavy atom. The molecule has 0 aliphatic carbocycles. The van der Waals surface area contributed by atoms with Crippen molar-refractivity contribution in [1.82, 2.24) is 0 Å². The predicted molar refractivity (Wildman–Crippen MR) is 31.0 cm³/mol. The van der Waals surface area contributed by atoms with Crippen LogP contribution in [-0.4, -0.2) is 25.8 Å². The molecular weight excluding hydrogens is 106 g/mol. The van der Waals surface area contributed by atoms with E-state index in [1.54, 1.807) is 0 Å². The lowest BCUT2D eigenvalue weighted by molar-refractivity contribution is -0.112. The van der Waals surface area contributed by atoms with Crippen molar-refractivity contribution in [2.24, 2.45) is 4.99 Å². The summed E-state index contributed by atoms with van der Waals surface area (Å²) in [6.07, 6.45) is 0. The summed E-state index contributed by atoms with van der Waals surface area (Å²) in [4.78, 5) is 13.9. The molecule has 0 saturated carbocycles. The van der Waals surface area contributed by atoms with Gasteiger partial charge in [-0.25, -0.2) is 0 Å². The van der Waals surface area contributed by atoms with Crippen molar-refractivity contribution in [2.45, 2.75) is 6.92 Å². The van der Waals surface area contributed by atoms with E-state index >= 15 is 0 Å². The number of ketones is 1. The van der Waals surface area contributed by atoms with Crippen LogP contribution < -0.4 is 0 Å². The number of hydrogen-bond acceptors (Lipinski definition) is 3. The Kier molecular flexibility index (Phi) is 2.84. The Morgan fingerprint density at radius 3 is 2.12 bits per heavy atom. The Bertz CT molecular complexity index is 118. The molecule has 0 amide bonds. The highest BCUT2D eigenvalue weighted by molar-refractivity contribution is 6.35. The van der Waals surface area contributed by atoms with Gasteiger partial charge in [-0.1, -0.05) is 0 Å². The monoisotopic (exact) mass is 115 g/mol. The van der Waals surface area contributed by atoms with E-state index < -0.39 is 0 Å². The largest absolute Gasteiger partial charge is 0.479 e. The Hall–Kier alpha value is -0.860. The second kappa shape index (κ2) is 3.18. The minimum atomic E-state index is -0.144. The number of ether oxygens (including phenoxy) is 1. The average molecular weight is 115 g/mol. The van der Waals surface area contributed by atoms with E-state index in [0.717, 1.165) is 0 Å². The summed E-state index contributed by atoms with van der Waals surface area (Å²) in [5, 5.41) is 0. The summed E-state index contributed by atoms with van der Waals surface area (Å²) in [5.41, 5.74) is 0. The molecule has 0 spiro atoms. The summed E-state index contributed by atoms with van der Waals surface area (Å²) in [6.45, 7) is 1.41. The number of aliphatic imine (C=N–C) groups is 1. The summed E-state index contributed by atoms with van der Waals surface area (Å²) < 4.78 is 4.56. The molecule has 0 aromatic heterocycles. The lowest BCUT2D eigenvalue weighted by atomic mass is 10.4. The van der Waals surface area contributed by atoms with Crippen LogP contribution in [0.15, 0.2) is 4.99 Å². The van der Waals surface area contributed by atoms with E-state index in [1.165, 1.54) is 21.1 Å². The second-order valence-electron chi connectivity index (χ2n) is 1.29. The summed E-state index contributed by atoms with van der Waals surface area (Å²) >= 11 is 0. The van der Waals surface area contributed by atoms with Gasteiger partial charge >= 0.3 is 0 Å². The molecule has 8 heavy (non-hydrogen) atoms. The Balaban J connectivity index is 3.92. The first-order valence-corrected chi connectivity index (χ1v) is 2.24. The van der Waals surface area contributed by atoms with Crippen LogP contribution in [0.5, 0.6) is 0 Å². The zero-order valence-corrected chi connectivity index (χ0v) is 5.26. The highest BCUT2D eigenvalue weighted by Gasteiger charge is 2.00. The highest BCUT2D eigenvalue weighted by atomic mass is 16.5. The maximum absolute atomic E-state index is 10.4. The first-order valence-electron chi connectivity index (χ1n) is 2.24. The second-order valence-corrected chi connectivity index (χ2v) is 1.29. The zero-order chi connectivity index (χ0) is 6.57. The minimum absolute atomic E-state index is 0.144. The van der Waals surface area contributed by atoms with Crippen LogP contribution in [0, 0.1) is 0 Å². The van der Waals surface area contributed by atoms with Gasteiger partial charge < -0.3 is 4.74 Å². The maximum Gasteiger partial charge on any atom is 0.252 e. The third kappa shape index (κ3) is 1.73. The van der Waals surface area contributed by atoms with Crippen LogP contribution in [0.3, 0.4) is 0 Å². The number of hydrogen-bond donors (Lipinski definition) is 0. The van der Waals surface area contributed by atoms with Crippen LogP contribution >= 0.6 is 0 Å². The first-order chi connectivity index (χ1) is 3.72. The van der Waals surface area contributed by atoms with E-state index in [2.05, 4.69) is 9.73 Å². The first kappa shape index (κ1) is 7.14. The quantitative estimate of drug-likeness (QED) is 0.363. The van der Waals surface area contributed by atoms with E-state index in [1.807, 2.05) is 0 Å². The Morgan fingerprint density at radius 2 is 2.12 bits per heavy atom. The molecule has 0 fully saturated rings. The molecule has 0 unspecified atom stereocenters. The van der Waals surface area contributed by atoms with Gasteiger partial charge in [-0.2, -0.15) is 0 Å². The summed E-state index contributed by atoms with van der Waals surface area (Å²) in [6, 6.07) is 0. The molecule has 0 aliphatic rings. The molecule has 0 N–H and O–H groups in total. The number of carbonyl (C=O) groups excluding carboxylic acids is 1. The molecule has 0 radical (unpaired) electrons. The van der Waals surface area contributed by atoms with Crippen LogP contribution in [-0.2, 0) is 9.53 Å².